The average molecular weight is 425 g/mol. The van der Waals surface area contributed by atoms with Gasteiger partial charge in [0.1, 0.15) is 16.9 Å². The van der Waals surface area contributed by atoms with Crippen molar-refractivity contribution in [2.24, 2.45) is 0 Å². The number of hydrogen-bond donors (Lipinski definition) is 0. The predicted octanol–water partition coefficient (Wildman–Crippen LogP) is 4.60. The number of hydrogen-bond acceptors (Lipinski definition) is 6. The maximum atomic E-state index is 6.25. The molecule has 146 valence electrons. The molecule has 0 bridgehead atoms. The van der Waals surface area contributed by atoms with Gasteiger partial charge >= 0.3 is 0 Å². The van der Waals surface area contributed by atoms with Crippen LogP contribution < -0.4 is 0 Å². The van der Waals surface area contributed by atoms with Crippen LogP contribution in [-0.2, 0) is 19.4 Å². The van der Waals surface area contributed by atoms with E-state index >= 15 is 0 Å². The fraction of sp³-hybridized carbons (Fsp3) is 0.300. The lowest BCUT2D eigenvalue weighted by atomic mass is 10.2. The van der Waals surface area contributed by atoms with E-state index in [-0.39, 0.29) is 0 Å². The fourth-order valence-electron chi connectivity index (χ4n) is 4.06. The first-order valence-electron chi connectivity index (χ1n) is 9.52. The summed E-state index contributed by atoms with van der Waals surface area (Å²) in [6.07, 6.45) is 5.18. The van der Waals surface area contributed by atoms with Crippen LogP contribution in [0.2, 0.25) is 5.02 Å². The molecule has 6 rings (SSSR count). The van der Waals surface area contributed by atoms with Gasteiger partial charge in [0.2, 0.25) is 5.82 Å². The lowest BCUT2D eigenvalue weighted by Gasteiger charge is -2.01. The molecule has 0 aliphatic heterocycles. The van der Waals surface area contributed by atoms with E-state index in [4.69, 9.17) is 21.0 Å². The van der Waals surface area contributed by atoms with E-state index in [2.05, 4.69) is 15.2 Å². The number of halogens is 1. The number of thiophene rings is 1. The molecule has 0 N–H and O–H groups in total. The summed E-state index contributed by atoms with van der Waals surface area (Å²) in [5.74, 6) is 1.98. The second kappa shape index (κ2) is 6.14. The number of rotatable bonds is 3. The van der Waals surface area contributed by atoms with Crippen LogP contribution in [-0.4, -0.2) is 29.4 Å². The van der Waals surface area contributed by atoms with Gasteiger partial charge in [0.15, 0.2) is 11.4 Å². The van der Waals surface area contributed by atoms with Crippen molar-refractivity contribution in [3.05, 3.63) is 51.1 Å². The monoisotopic (exact) mass is 424 g/mol. The summed E-state index contributed by atoms with van der Waals surface area (Å²) in [6.45, 7) is 4.36. The molecule has 7 nitrogen and oxygen atoms in total. The molecule has 0 saturated carbocycles. The highest BCUT2D eigenvalue weighted by atomic mass is 35.5. The normalized spacial score (nSPS) is 13.8. The SMILES string of the molecule is Cc1nn(Cc2ccc(-c3nc4c5c6c(sc5ncn4n3)CCC6)o2)c(C)c1Cl. The second-order valence-corrected chi connectivity index (χ2v) is 8.86. The summed E-state index contributed by atoms with van der Waals surface area (Å²) < 4.78 is 9.64. The first kappa shape index (κ1) is 17.2. The summed E-state index contributed by atoms with van der Waals surface area (Å²) in [5, 5.41) is 10.9. The Bertz CT molecular complexity index is 1410. The third kappa shape index (κ3) is 2.55. The minimum absolute atomic E-state index is 0.511. The Hall–Kier alpha value is -2.71. The molecule has 0 amide bonds. The molecule has 1 aliphatic rings. The summed E-state index contributed by atoms with van der Waals surface area (Å²) >= 11 is 8.03. The number of aromatic nitrogens is 6. The Morgan fingerprint density at radius 1 is 1.21 bits per heavy atom. The van der Waals surface area contributed by atoms with Gasteiger partial charge in [-0.05, 0) is 50.8 Å². The molecule has 1 aliphatic carbocycles. The van der Waals surface area contributed by atoms with Crippen LogP contribution in [0.1, 0.15) is 34.0 Å². The maximum absolute atomic E-state index is 6.25. The number of nitrogens with zero attached hydrogens (tertiary/aromatic N) is 6. The molecule has 0 atom stereocenters. The largest absolute Gasteiger partial charge is 0.456 e. The Kier molecular flexibility index (Phi) is 3.64. The van der Waals surface area contributed by atoms with Crippen molar-refractivity contribution >= 4 is 38.8 Å². The van der Waals surface area contributed by atoms with E-state index in [1.54, 1.807) is 22.2 Å². The van der Waals surface area contributed by atoms with Crippen molar-refractivity contribution in [1.82, 2.24) is 29.4 Å². The summed E-state index contributed by atoms with van der Waals surface area (Å²) in [6, 6.07) is 3.83. The van der Waals surface area contributed by atoms with Crippen LogP contribution in [0.5, 0.6) is 0 Å². The number of fused-ring (bicyclic) bond motifs is 5. The molecule has 0 aromatic carbocycles. The van der Waals surface area contributed by atoms with Gasteiger partial charge in [-0.25, -0.2) is 14.5 Å². The molecular formula is C20H17ClN6OS. The molecular weight excluding hydrogens is 408 g/mol. The zero-order valence-electron chi connectivity index (χ0n) is 15.9. The lowest BCUT2D eigenvalue weighted by molar-refractivity contribution is 0.483. The van der Waals surface area contributed by atoms with Crippen molar-refractivity contribution in [2.75, 3.05) is 0 Å². The van der Waals surface area contributed by atoms with Crippen molar-refractivity contribution in [3.8, 4) is 11.6 Å². The van der Waals surface area contributed by atoms with Gasteiger partial charge < -0.3 is 4.42 Å². The van der Waals surface area contributed by atoms with Crippen molar-refractivity contribution in [1.29, 1.82) is 0 Å². The summed E-state index contributed by atoms with van der Waals surface area (Å²) in [7, 11) is 0. The number of aryl methyl sites for hydroxylation is 3. The standard InChI is InChI=1S/C20H17ClN6OS/c1-10-17(21)11(2)26(24-10)8-12-6-7-14(28-12)18-23-19-16-13-4-3-5-15(13)29-20(16)22-9-27(19)25-18/h6-7,9H,3-5,8H2,1-2H3. The van der Waals surface area contributed by atoms with Crippen LogP contribution in [0.15, 0.2) is 22.9 Å². The Morgan fingerprint density at radius 2 is 2.10 bits per heavy atom. The third-order valence-corrected chi connectivity index (χ3v) is 7.27. The van der Waals surface area contributed by atoms with Gasteiger partial charge in [0.05, 0.1) is 28.3 Å². The minimum atomic E-state index is 0.511. The van der Waals surface area contributed by atoms with Gasteiger partial charge in [-0.2, -0.15) is 5.10 Å². The van der Waals surface area contributed by atoms with Crippen LogP contribution >= 0.6 is 22.9 Å². The van der Waals surface area contributed by atoms with E-state index in [1.165, 1.54) is 16.9 Å². The van der Waals surface area contributed by atoms with Crippen molar-refractivity contribution in [2.45, 2.75) is 39.7 Å². The molecule has 29 heavy (non-hydrogen) atoms. The zero-order chi connectivity index (χ0) is 19.7. The minimum Gasteiger partial charge on any atom is -0.456 e. The highest BCUT2D eigenvalue weighted by Gasteiger charge is 2.22. The van der Waals surface area contributed by atoms with E-state index in [0.29, 0.717) is 23.2 Å². The molecule has 5 heterocycles. The van der Waals surface area contributed by atoms with E-state index in [1.807, 2.05) is 30.7 Å². The Balaban J connectivity index is 1.40. The van der Waals surface area contributed by atoms with Crippen molar-refractivity contribution < 1.29 is 4.42 Å². The molecule has 0 spiro atoms. The van der Waals surface area contributed by atoms with Gasteiger partial charge in [0.25, 0.3) is 0 Å². The van der Waals surface area contributed by atoms with Gasteiger partial charge in [-0.15, -0.1) is 16.4 Å². The van der Waals surface area contributed by atoms with E-state index < -0.39 is 0 Å². The van der Waals surface area contributed by atoms with Crippen molar-refractivity contribution in [3.63, 3.8) is 0 Å². The van der Waals surface area contributed by atoms with Gasteiger partial charge in [0, 0.05) is 4.88 Å². The average Bonchev–Trinajstić information content (AvgIpc) is 3.48. The predicted molar refractivity (Wildman–Crippen MR) is 112 cm³/mol. The van der Waals surface area contributed by atoms with Crippen LogP contribution in [0.25, 0.3) is 27.4 Å². The molecule has 0 unspecified atom stereocenters. The highest BCUT2D eigenvalue weighted by molar-refractivity contribution is 7.19. The molecule has 0 fully saturated rings. The number of furan rings is 1. The smallest absolute Gasteiger partial charge is 0.217 e. The quantitative estimate of drug-likeness (QED) is 0.423. The highest BCUT2D eigenvalue weighted by Crippen LogP contribution is 2.38. The van der Waals surface area contributed by atoms with Gasteiger partial charge in [-0.1, -0.05) is 11.6 Å². The fourth-order valence-corrected chi connectivity index (χ4v) is 5.42. The van der Waals surface area contributed by atoms with Crippen LogP contribution in [0, 0.1) is 13.8 Å². The second-order valence-electron chi connectivity index (χ2n) is 7.39. The van der Waals surface area contributed by atoms with E-state index in [0.717, 1.165) is 45.9 Å². The maximum Gasteiger partial charge on any atom is 0.217 e. The summed E-state index contributed by atoms with van der Waals surface area (Å²) in [4.78, 5) is 11.9. The van der Waals surface area contributed by atoms with Gasteiger partial charge in [-0.3, -0.25) is 4.68 Å². The first-order valence-corrected chi connectivity index (χ1v) is 10.7. The summed E-state index contributed by atoms with van der Waals surface area (Å²) in [5.41, 5.74) is 3.99. The molecule has 5 aromatic heterocycles. The molecule has 0 radical (unpaired) electrons. The third-order valence-electron chi connectivity index (χ3n) is 5.52. The first-order chi connectivity index (χ1) is 14.1. The zero-order valence-corrected chi connectivity index (χ0v) is 17.5. The Morgan fingerprint density at radius 3 is 2.93 bits per heavy atom. The van der Waals surface area contributed by atoms with Crippen LogP contribution in [0.3, 0.4) is 0 Å². The topological polar surface area (TPSA) is 74.0 Å². The van der Waals surface area contributed by atoms with Crippen LogP contribution in [0.4, 0.5) is 0 Å². The molecule has 5 aromatic rings. The van der Waals surface area contributed by atoms with E-state index in [9.17, 15) is 0 Å². The molecule has 0 saturated heterocycles. The molecule has 9 heteroatoms. The Labute approximate surface area is 175 Å². The lowest BCUT2D eigenvalue weighted by Crippen LogP contribution is -2.02.